The van der Waals surface area contributed by atoms with Crippen molar-refractivity contribution in [2.24, 2.45) is 10.7 Å². The Kier molecular flexibility index (Phi) is 8.77. The smallest absolute Gasteiger partial charge is 0.231 e. The molecule has 0 atom stereocenters. The molecule has 1 aromatic carbocycles. The first-order valence-corrected chi connectivity index (χ1v) is 16.9. The van der Waals surface area contributed by atoms with Gasteiger partial charge in [0, 0.05) is 86.2 Å². The summed E-state index contributed by atoms with van der Waals surface area (Å²) in [7, 11) is 5.04. The Morgan fingerprint density at radius 1 is 1.09 bits per heavy atom. The number of hydrogen-bond donors (Lipinski definition) is 4. The minimum Gasteiger partial charge on any atom is -0.494 e. The van der Waals surface area contributed by atoms with Crippen LogP contribution in [0.3, 0.4) is 0 Å². The van der Waals surface area contributed by atoms with Gasteiger partial charge in [-0.3, -0.25) is 15.0 Å². The van der Waals surface area contributed by atoms with Crippen molar-refractivity contribution in [1.82, 2.24) is 29.8 Å². The molecule has 0 unspecified atom stereocenters. The third kappa shape index (κ3) is 6.11. The van der Waals surface area contributed by atoms with Gasteiger partial charge in [-0.25, -0.2) is 0 Å². The van der Waals surface area contributed by atoms with Crippen LogP contribution in [0.25, 0.3) is 27.6 Å². The lowest BCUT2D eigenvalue weighted by Gasteiger charge is -2.35. The number of likely N-dealkylation sites (N-methyl/N-ethyl adjacent to an activating group) is 1. The first kappa shape index (κ1) is 30.2. The summed E-state index contributed by atoms with van der Waals surface area (Å²) < 4.78 is 5.90. The molecule has 1 aliphatic rings. The van der Waals surface area contributed by atoms with E-state index < -0.39 is 7.92 Å². The van der Waals surface area contributed by atoms with E-state index in [1.165, 1.54) is 0 Å². The molecule has 12 nitrogen and oxygen atoms in total. The Bertz CT molecular complexity index is 1890. The number of anilines is 5. The Hall–Kier alpha value is -4.80. The maximum atomic E-state index is 6.12. The molecule has 5 aromatic rings. The van der Waals surface area contributed by atoms with Crippen LogP contribution in [0, 0.1) is 0 Å². The molecule has 0 saturated carbocycles. The molecule has 0 amide bonds. The Morgan fingerprint density at radius 3 is 2.64 bits per heavy atom. The summed E-state index contributed by atoms with van der Waals surface area (Å²) in [6.45, 7) is 8.14. The topological polar surface area (TPSA) is 146 Å². The minimum atomic E-state index is -0.506. The van der Waals surface area contributed by atoms with E-state index in [-0.39, 0.29) is 0 Å². The number of piperazine rings is 1. The van der Waals surface area contributed by atoms with E-state index in [9.17, 15) is 0 Å². The van der Waals surface area contributed by atoms with Gasteiger partial charge in [0.2, 0.25) is 5.95 Å². The molecule has 0 radical (unpaired) electrons. The van der Waals surface area contributed by atoms with Gasteiger partial charge < -0.3 is 35.9 Å². The number of nitrogens with one attached hydrogen (secondary N) is 3. The van der Waals surface area contributed by atoms with Crippen LogP contribution in [0.15, 0.2) is 60.1 Å². The van der Waals surface area contributed by atoms with E-state index in [1.807, 2.05) is 48.9 Å². The zero-order chi connectivity index (χ0) is 31.5. The number of H-pyrrole nitrogens is 1. The van der Waals surface area contributed by atoms with E-state index in [2.05, 4.69) is 60.8 Å². The first-order chi connectivity index (χ1) is 21.9. The van der Waals surface area contributed by atoms with E-state index in [1.54, 1.807) is 26.6 Å². The number of benzene rings is 1. The Labute approximate surface area is 263 Å². The van der Waals surface area contributed by atoms with Crippen molar-refractivity contribution in [2.75, 3.05) is 76.2 Å². The molecule has 0 bridgehead atoms. The number of aromatic amines is 1. The van der Waals surface area contributed by atoms with E-state index in [0.717, 1.165) is 70.4 Å². The van der Waals surface area contributed by atoms with E-state index in [0.29, 0.717) is 28.9 Å². The standard InChI is InChI=1S/C32H38N11OP/c1-34-18-20(17-33)22-15-24(27(44-3)16-26(22)43-13-11-42(2)12-14-43)39-32-40-30-21(8-10-36-30)31(41-32)38-25-19-37-23-7-6-9-35-28(23)29(25)45(4)5/h6-10,15-19H,11-14,33H2,1-5H3,(H3,36,38,39,40,41). The maximum absolute atomic E-state index is 6.12. The number of aromatic nitrogens is 5. The molecule has 45 heavy (non-hydrogen) atoms. The SMILES string of the molecule is CN=CC(=CN)c1cc(Nc2nc(Nc3cnc4cccnc4c3P(C)C)c3cc[nH]c3n2)c(OC)cc1N1CCN(C)CC1. The zero-order valence-electron chi connectivity index (χ0n) is 26.2. The Morgan fingerprint density at radius 2 is 1.91 bits per heavy atom. The van der Waals surface area contributed by atoms with Crippen LogP contribution in [-0.2, 0) is 0 Å². The number of ether oxygens (including phenoxy) is 1. The van der Waals surface area contributed by atoms with Gasteiger partial charge in [0.1, 0.15) is 17.2 Å². The lowest BCUT2D eigenvalue weighted by Crippen LogP contribution is -2.44. The summed E-state index contributed by atoms with van der Waals surface area (Å²) in [5, 5.41) is 8.98. The molecule has 0 aliphatic carbocycles. The van der Waals surface area contributed by atoms with Gasteiger partial charge in [0.15, 0.2) is 0 Å². The number of aliphatic imine (C=N–C) groups is 1. The minimum absolute atomic E-state index is 0.398. The molecule has 232 valence electrons. The van der Waals surface area contributed by atoms with Gasteiger partial charge in [-0.2, -0.15) is 9.97 Å². The average molecular weight is 624 g/mol. The van der Waals surface area contributed by atoms with E-state index in [4.69, 9.17) is 20.4 Å². The first-order valence-electron chi connectivity index (χ1n) is 14.7. The average Bonchev–Trinajstić information content (AvgIpc) is 3.53. The lowest BCUT2D eigenvalue weighted by atomic mass is 10.0. The second-order valence-electron chi connectivity index (χ2n) is 11.0. The number of nitrogens with two attached hydrogens (primary N) is 1. The highest BCUT2D eigenvalue weighted by atomic mass is 31.1. The largest absolute Gasteiger partial charge is 0.494 e. The highest BCUT2D eigenvalue weighted by Crippen LogP contribution is 2.39. The van der Waals surface area contributed by atoms with Crippen LogP contribution < -0.4 is 31.3 Å². The predicted octanol–water partition coefficient (Wildman–Crippen LogP) is 4.52. The van der Waals surface area contributed by atoms with Gasteiger partial charge >= 0.3 is 0 Å². The van der Waals surface area contributed by atoms with E-state index >= 15 is 0 Å². The summed E-state index contributed by atoms with van der Waals surface area (Å²) >= 11 is 0. The van der Waals surface area contributed by atoms with Crippen molar-refractivity contribution >= 4 is 75.9 Å². The van der Waals surface area contributed by atoms with Crippen molar-refractivity contribution in [2.45, 2.75) is 0 Å². The van der Waals surface area contributed by atoms with Crippen molar-refractivity contribution < 1.29 is 4.74 Å². The number of rotatable bonds is 9. The zero-order valence-corrected chi connectivity index (χ0v) is 27.1. The molecular weight excluding hydrogens is 585 g/mol. The van der Waals surface area contributed by atoms with Crippen LogP contribution in [0.1, 0.15) is 5.56 Å². The van der Waals surface area contributed by atoms with Crippen molar-refractivity contribution in [3.63, 3.8) is 0 Å². The summed E-state index contributed by atoms with van der Waals surface area (Å²) in [5.74, 6) is 1.71. The molecule has 6 rings (SSSR count). The fraction of sp³-hybridized carbons (Fsp3) is 0.281. The summed E-state index contributed by atoms with van der Waals surface area (Å²) in [6, 6.07) is 9.93. The highest BCUT2D eigenvalue weighted by molar-refractivity contribution is 7.65. The fourth-order valence-electron chi connectivity index (χ4n) is 5.61. The van der Waals surface area contributed by atoms with Crippen LogP contribution in [0.5, 0.6) is 5.75 Å². The van der Waals surface area contributed by atoms with Gasteiger partial charge in [-0.05, 0) is 44.6 Å². The van der Waals surface area contributed by atoms with Gasteiger partial charge in [0.25, 0.3) is 0 Å². The maximum Gasteiger partial charge on any atom is 0.231 e. The second-order valence-corrected chi connectivity index (χ2v) is 13.3. The Balaban J connectivity index is 1.42. The van der Waals surface area contributed by atoms with Crippen LogP contribution in [0.2, 0.25) is 0 Å². The highest BCUT2D eigenvalue weighted by Gasteiger charge is 2.22. The molecule has 5 heterocycles. The van der Waals surface area contributed by atoms with Crippen LogP contribution >= 0.6 is 7.92 Å². The molecule has 1 aliphatic heterocycles. The molecule has 1 saturated heterocycles. The number of hydrogen-bond acceptors (Lipinski definition) is 11. The third-order valence-electron chi connectivity index (χ3n) is 7.88. The monoisotopic (exact) mass is 623 g/mol. The van der Waals surface area contributed by atoms with Crippen molar-refractivity contribution in [3.05, 3.63) is 60.7 Å². The number of methoxy groups -OCH3 is 1. The third-order valence-corrected chi connectivity index (χ3v) is 9.23. The van der Waals surface area contributed by atoms with Crippen molar-refractivity contribution in [3.8, 4) is 5.75 Å². The predicted molar refractivity (Wildman–Crippen MR) is 188 cm³/mol. The molecule has 5 N–H and O–H groups in total. The molecular formula is C32H38N11OP. The summed E-state index contributed by atoms with van der Waals surface area (Å²) in [5.41, 5.74) is 12.9. The quantitative estimate of drug-likeness (QED) is 0.137. The fourth-order valence-corrected chi connectivity index (χ4v) is 6.80. The molecule has 4 aromatic heterocycles. The normalized spacial score (nSPS) is 14.6. The lowest BCUT2D eigenvalue weighted by molar-refractivity contribution is 0.312. The number of fused-ring (bicyclic) bond motifs is 2. The van der Waals surface area contributed by atoms with Gasteiger partial charge in [-0.1, -0.05) is 7.92 Å². The van der Waals surface area contributed by atoms with Crippen LogP contribution in [0.4, 0.5) is 28.8 Å². The molecule has 0 spiro atoms. The molecule has 1 fully saturated rings. The second kappa shape index (κ2) is 13.1. The molecule has 13 heteroatoms. The number of pyridine rings is 2. The van der Waals surface area contributed by atoms with Crippen molar-refractivity contribution in [1.29, 1.82) is 0 Å². The van der Waals surface area contributed by atoms with Crippen LogP contribution in [-0.4, -0.2) is 96.7 Å². The van der Waals surface area contributed by atoms with Gasteiger partial charge in [-0.15, -0.1) is 0 Å². The summed E-state index contributed by atoms with van der Waals surface area (Å²) in [4.78, 5) is 31.2. The number of nitrogens with zero attached hydrogens (tertiary/aromatic N) is 7. The summed E-state index contributed by atoms with van der Waals surface area (Å²) in [6.07, 6.45) is 8.88. The number of allylic oxidation sites excluding steroid dienone is 1. The van der Waals surface area contributed by atoms with Gasteiger partial charge in [0.05, 0.1) is 41.1 Å².